The molecule has 1 N–H and O–H groups in total. The summed E-state index contributed by atoms with van der Waals surface area (Å²) in [4.78, 5) is 2.33. The minimum absolute atomic E-state index is 0.265. The number of nitrogens with zero attached hydrogens (tertiary/aromatic N) is 1. The molecular weight excluding hydrogens is 262 g/mol. The van der Waals surface area contributed by atoms with Crippen LogP contribution in [0.3, 0.4) is 0 Å². The Morgan fingerprint density at radius 2 is 2.10 bits per heavy atom. The monoisotopic (exact) mass is 284 g/mol. The number of para-hydroxylation sites is 1. The van der Waals surface area contributed by atoms with Gasteiger partial charge in [0.1, 0.15) is 5.75 Å². The van der Waals surface area contributed by atoms with Crippen LogP contribution in [-0.4, -0.2) is 37.7 Å². The van der Waals surface area contributed by atoms with Crippen molar-refractivity contribution in [2.24, 2.45) is 0 Å². The molecule has 0 bridgehead atoms. The van der Waals surface area contributed by atoms with E-state index < -0.39 is 6.61 Å². The predicted molar refractivity (Wildman–Crippen MR) is 75.0 cm³/mol. The lowest BCUT2D eigenvalue weighted by molar-refractivity contribution is -0.0505. The molecule has 5 heteroatoms. The second-order valence-electron chi connectivity index (χ2n) is 5.30. The summed E-state index contributed by atoms with van der Waals surface area (Å²) >= 11 is 0. The average molecular weight is 284 g/mol. The molecular formula is C15H22F2N2O. The summed E-state index contributed by atoms with van der Waals surface area (Å²) < 4.78 is 29.2. The molecule has 112 valence electrons. The summed E-state index contributed by atoms with van der Waals surface area (Å²) in [6.07, 6.45) is 3.39. The molecule has 1 fully saturated rings. The fraction of sp³-hybridized carbons (Fsp3) is 0.600. The summed E-state index contributed by atoms with van der Waals surface area (Å²) in [7, 11) is 2.13. The number of hydrogen-bond acceptors (Lipinski definition) is 3. The van der Waals surface area contributed by atoms with Crippen LogP contribution in [0.1, 0.15) is 24.8 Å². The van der Waals surface area contributed by atoms with Gasteiger partial charge in [-0.3, -0.25) is 0 Å². The number of rotatable bonds is 5. The third-order valence-corrected chi connectivity index (χ3v) is 3.72. The van der Waals surface area contributed by atoms with Crippen LogP contribution in [0.5, 0.6) is 5.75 Å². The lowest BCUT2D eigenvalue weighted by Crippen LogP contribution is -2.30. The lowest BCUT2D eigenvalue weighted by atomic mass is 10.1. The maximum Gasteiger partial charge on any atom is 0.387 e. The molecule has 1 heterocycles. The first-order valence-electron chi connectivity index (χ1n) is 7.10. The van der Waals surface area contributed by atoms with Gasteiger partial charge in [-0.2, -0.15) is 8.78 Å². The van der Waals surface area contributed by atoms with Gasteiger partial charge in [-0.15, -0.1) is 0 Å². The molecule has 3 nitrogen and oxygen atoms in total. The van der Waals surface area contributed by atoms with Crippen molar-refractivity contribution >= 4 is 0 Å². The number of benzene rings is 1. The third kappa shape index (κ3) is 4.72. The Kier molecular flexibility index (Phi) is 5.73. The Bertz CT molecular complexity index is 415. The van der Waals surface area contributed by atoms with Gasteiger partial charge in [-0.1, -0.05) is 18.2 Å². The van der Waals surface area contributed by atoms with Gasteiger partial charge in [0.05, 0.1) is 0 Å². The molecule has 2 rings (SSSR count). The molecule has 1 aliphatic rings. The topological polar surface area (TPSA) is 24.5 Å². The Morgan fingerprint density at radius 1 is 1.30 bits per heavy atom. The zero-order valence-electron chi connectivity index (χ0n) is 11.8. The van der Waals surface area contributed by atoms with Crippen LogP contribution >= 0.6 is 0 Å². The molecule has 20 heavy (non-hydrogen) atoms. The van der Waals surface area contributed by atoms with Crippen LogP contribution < -0.4 is 10.1 Å². The van der Waals surface area contributed by atoms with Gasteiger partial charge in [0.15, 0.2) is 0 Å². The van der Waals surface area contributed by atoms with E-state index in [1.807, 2.05) is 12.1 Å². The highest BCUT2D eigenvalue weighted by molar-refractivity contribution is 5.33. The molecule has 1 atom stereocenters. The molecule has 1 aromatic rings. The van der Waals surface area contributed by atoms with Crippen LogP contribution in [0.25, 0.3) is 0 Å². The second kappa shape index (κ2) is 7.55. The summed E-state index contributed by atoms with van der Waals surface area (Å²) in [5.41, 5.74) is 0.783. The minimum Gasteiger partial charge on any atom is -0.434 e. The number of hydrogen-bond donors (Lipinski definition) is 1. The highest BCUT2D eigenvalue weighted by Crippen LogP contribution is 2.20. The Labute approximate surface area is 118 Å². The number of nitrogens with one attached hydrogen (secondary N) is 1. The Morgan fingerprint density at radius 3 is 2.90 bits per heavy atom. The molecule has 0 saturated carbocycles. The minimum atomic E-state index is -2.78. The Hall–Kier alpha value is -1.20. The van der Waals surface area contributed by atoms with Crippen molar-refractivity contribution in [3.63, 3.8) is 0 Å². The van der Waals surface area contributed by atoms with Gasteiger partial charge in [0.2, 0.25) is 0 Å². The molecule has 1 aliphatic heterocycles. The molecule has 0 aromatic heterocycles. The van der Waals surface area contributed by atoms with Crippen LogP contribution in [0.2, 0.25) is 0 Å². The summed E-state index contributed by atoms with van der Waals surface area (Å²) in [6, 6.07) is 7.41. The third-order valence-electron chi connectivity index (χ3n) is 3.72. The number of halogens is 2. The van der Waals surface area contributed by atoms with Crippen molar-refractivity contribution in [2.75, 3.05) is 20.1 Å². The first-order chi connectivity index (χ1) is 9.65. The van der Waals surface area contributed by atoms with E-state index in [9.17, 15) is 8.78 Å². The molecule has 0 aliphatic carbocycles. The van der Waals surface area contributed by atoms with Crippen molar-refractivity contribution < 1.29 is 13.5 Å². The largest absolute Gasteiger partial charge is 0.434 e. The van der Waals surface area contributed by atoms with Crippen molar-refractivity contribution in [1.82, 2.24) is 10.2 Å². The molecule has 1 aromatic carbocycles. The van der Waals surface area contributed by atoms with Crippen molar-refractivity contribution in [3.05, 3.63) is 29.8 Å². The average Bonchev–Trinajstić information content (AvgIpc) is 2.62. The fourth-order valence-corrected chi connectivity index (χ4v) is 2.56. The summed E-state index contributed by atoms with van der Waals surface area (Å²) in [5.74, 6) is 0.265. The van der Waals surface area contributed by atoms with Crippen LogP contribution in [0.15, 0.2) is 24.3 Å². The van der Waals surface area contributed by atoms with E-state index in [1.165, 1.54) is 6.42 Å². The maximum absolute atomic E-state index is 12.3. The van der Waals surface area contributed by atoms with Crippen molar-refractivity contribution in [3.8, 4) is 5.75 Å². The number of ether oxygens (including phenoxy) is 1. The van der Waals surface area contributed by atoms with Crippen molar-refractivity contribution in [2.45, 2.75) is 38.5 Å². The van der Waals surface area contributed by atoms with Crippen LogP contribution in [0.4, 0.5) is 8.78 Å². The van der Waals surface area contributed by atoms with Gasteiger partial charge >= 0.3 is 6.61 Å². The lowest BCUT2D eigenvalue weighted by Gasteiger charge is -2.18. The van der Waals surface area contributed by atoms with E-state index in [2.05, 4.69) is 22.0 Å². The Balaban J connectivity index is 1.90. The van der Waals surface area contributed by atoms with E-state index in [0.29, 0.717) is 12.6 Å². The van der Waals surface area contributed by atoms with Gasteiger partial charge in [-0.25, -0.2) is 0 Å². The van der Waals surface area contributed by atoms with Gasteiger partial charge in [0, 0.05) is 18.2 Å². The van der Waals surface area contributed by atoms with E-state index in [1.54, 1.807) is 12.1 Å². The summed E-state index contributed by atoms with van der Waals surface area (Å²) in [6.45, 7) is -0.00408. The first kappa shape index (κ1) is 15.2. The zero-order chi connectivity index (χ0) is 14.4. The SMILES string of the molecule is CN1CCCC(NCc2ccccc2OC(F)F)CC1. The normalized spacial score (nSPS) is 20.9. The fourth-order valence-electron chi connectivity index (χ4n) is 2.56. The quantitative estimate of drug-likeness (QED) is 0.900. The highest BCUT2D eigenvalue weighted by Gasteiger charge is 2.15. The van der Waals surface area contributed by atoms with Gasteiger partial charge in [0.25, 0.3) is 0 Å². The number of alkyl halides is 2. The van der Waals surface area contributed by atoms with Gasteiger partial charge < -0.3 is 15.0 Å². The smallest absolute Gasteiger partial charge is 0.387 e. The standard InChI is InChI=1S/C15H22F2N2O/c1-19-9-4-6-13(8-10-19)18-11-12-5-2-3-7-14(12)20-15(16)17/h2-3,5,7,13,15,18H,4,6,8-11H2,1H3. The van der Waals surface area contributed by atoms with Crippen LogP contribution in [0, 0.1) is 0 Å². The first-order valence-corrected chi connectivity index (χ1v) is 7.10. The molecule has 0 amide bonds. The molecule has 1 saturated heterocycles. The second-order valence-corrected chi connectivity index (χ2v) is 5.30. The predicted octanol–water partition coefficient (Wildman–Crippen LogP) is 2.86. The number of likely N-dealkylation sites (tertiary alicyclic amines) is 1. The molecule has 0 spiro atoms. The van der Waals surface area contributed by atoms with Crippen LogP contribution in [-0.2, 0) is 6.54 Å². The van der Waals surface area contributed by atoms with Crippen molar-refractivity contribution in [1.29, 1.82) is 0 Å². The zero-order valence-corrected chi connectivity index (χ0v) is 11.8. The maximum atomic E-state index is 12.3. The van der Waals surface area contributed by atoms with Gasteiger partial charge in [-0.05, 0) is 45.5 Å². The summed E-state index contributed by atoms with van der Waals surface area (Å²) in [5, 5.41) is 3.46. The molecule has 0 radical (unpaired) electrons. The van der Waals surface area contributed by atoms with E-state index in [-0.39, 0.29) is 5.75 Å². The highest BCUT2D eigenvalue weighted by atomic mass is 19.3. The molecule has 1 unspecified atom stereocenters. The van der Waals surface area contributed by atoms with E-state index in [4.69, 9.17) is 0 Å². The van der Waals surface area contributed by atoms with E-state index >= 15 is 0 Å². The van der Waals surface area contributed by atoms with E-state index in [0.717, 1.165) is 31.5 Å².